The SMILES string of the molecule is Cc1ccc(C(=O)NCC(C)(O)C(C)C)c(Br)n1. The Labute approximate surface area is 116 Å². The van der Waals surface area contributed by atoms with Gasteiger partial charge in [-0.1, -0.05) is 13.8 Å². The third kappa shape index (κ3) is 3.78. The first-order chi connectivity index (χ1) is 8.24. The molecule has 2 N–H and O–H groups in total. The summed E-state index contributed by atoms with van der Waals surface area (Å²) in [7, 11) is 0. The van der Waals surface area contributed by atoms with Crippen molar-refractivity contribution in [1.82, 2.24) is 10.3 Å². The van der Waals surface area contributed by atoms with Crippen LogP contribution in [0, 0.1) is 12.8 Å². The molecule has 0 aliphatic heterocycles. The highest BCUT2D eigenvalue weighted by Gasteiger charge is 2.25. The molecule has 0 aliphatic rings. The third-order valence-corrected chi connectivity index (χ3v) is 3.69. The lowest BCUT2D eigenvalue weighted by Crippen LogP contribution is -2.44. The summed E-state index contributed by atoms with van der Waals surface area (Å²) in [6.45, 7) is 7.60. The predicted octanol–water partition coefficient (Wildman–Crippen LogP) is 2.29. The van der Waals surface area contributed by atoms with Crippen LogP contribution in [0.5, 0.6) is 0 Å². The van der Waals surface area contributed by atoms with Crippen molar-refractivity contribution in [2.45, 2.75) is 33.3 Å². The van der Waals surface area contributed by atoms with E-state index in [2.05, 4.69) is 26.2 Å². The number of hydrogen-bond acceptors (Lipinski definition) is 3. The van der Waals surface area contributed by atoms with E-state index in [0.717, 1.165) is 5.69 Å². The Bertz CT molecular complexity index is 445. The summed E-state index contributed by atoms with van der Waals surface area (Å²) < 4.78 is 0.518. The predicted molar refractivity (Wildman–Crippen MR) is 74.5 cm³/mol. The van der Waals surface area contributed by atoms with Crippen LogP contribution in [0.1, 0.15) is 36.8 Å². The van der Waals surface area contributed by atoms with Gasteiger partial charge in [0.05, 0.1) is 11.2 Å². The van der Waals surface area contributed by atoms with Gasteiger partial charge in [-0.3, -0.25) is 4.79 Å². The van der Waals surface area contributed by atoms with E-state index < -0.39 is 5.60 Å². The molecule has 100 valence electrons. The van der Waals surface area contributed by atoms with Crippen LogP contribution in [0.4, 0.5) is 0 Å². The molecule has 0 bridgehead atoms. The monoisotopic (exact) mass is 314 g/mol. The molecule has 0 aromatic carbocycles. The molecule has 0 radical (unpaired) electrons. The van der Waals surface area contributed by atoms with Crippen LogP contribution in [0.3, 0.4) is 0 Å². The molecule has 0 saturated heterocycles. The summed E-state index contributed by atoms with van der Waals surface area (Å²) >= 11 is 3.26. The molecule has 0 spiro atoms. The number of aromatic nitrogens is 1. The second-order valence-electron chi connectivity index (χ2n) is 4.99. The standard InChI is InChI=1S/C13H19BrN2O2/c1-8(2)13(4,18)7-15-12(17)10-6-5-9(3)16-11(10)14/h5-6,8,18H,7H2,1-4H3,(H,15,17). The van der Waals surface area contributed by atoms with Crippen LogP contribution in [-0.2, 0) is 0 Å². The summed E-state index contributed by atoms with van der Waals surface area (Å²) in [5.41, 5.74) is 0.396. The van der Waals surface area contributed by atoms with Crippen LogP contribution in [0.25, 0.3) is 0 Å². The lowest BCUT2D eigenvalue weighted by Gasteiger charge is -2.27. The van der Waals surface area contributed by atoms with Crippen molar-refractivity contribution in [2.75, 3.05) is 6.54 Å². The molecule has 1 amide bonds. The number of aliphatic hydroxyl groups is 1. The second-order valence-corrected chi connectivity index (χ2v) is 5.74. The molecule has 1 heterocycles. The van der Waals surface area contributed by atoms with E-state index in [4.69, 9.17) is 0 Å². The normalized spacial score (nSPS) is 14.4. The lowest BCUT2D eigenvalue weighted by atomic mass is 9.92. The van der Waals surface area contributed by atoms with Gasteiger partial charge in [-0.05, 0) is 47.8 Å². The molecule has 1 unspecified atom stereocenters. The Balaban J connectivity index is 2.72. The highest BCUT2D eigenvalue weighted by atomic mass is 79.9. The number of amides is 1. The molecule has 5 heteroatoms. The van der Waals surface area contributed by atoms with E-state index in [0.29, 0.717) is 10.2 Å². The molecule has 1 aromatic rings. The van der Waals surface area contributed by atoms with Gasteiger partial charge < -0.3 is 10.4 Å². The van der Waals surface area contributed by atoms with Gasteiger partial charge in [0.25, 0.3) is 5.91 Å². The number of nitrogens with zero attached hydrogens (tertiary/aromatic N) is 1. The van der Waals surface area contributed by atoms with Crippen molar-refractivity contribution in [3.05, 3.63) is 28.0 Å². The van der Waals surface area contributed by atoms with E-state index in [1.54, 1.807) is 19.1 Å². The third-order valence-electron chi connectivity index (χ3n) is 3.08. The van der Waals surface area contributed by atoms with Crippen molar-refractivity contribution in [3.8, 4) is 0 Å². The minimum Gasteiger partial charge on any atom is -0.388 e. The van der Waals surface area contributed by atoms with Crippen molar-refractivity contribution < 1.29 is 9.90 Å². The number of aryl methyl sites for hydroxylation is 1. The summed E-state index contributed by atoms with van der Waals surface area (Å²) in [6, 6.07) is 3.49. The number of rotatable bonds is 4. The highest BCUT2D eigenvalue weighted by molar-refractivity contribution is 9.10. The fraction of sp³-hybridized carbons (Fsp3) is 0.538. The van der Waals surface area contributed by atoms with Gasteiger partial charge in [0.1, 0.15) is 4.60 Å². The number of carbonyl (C=O) groups is 1. The summed E-state index contributed by atoms with van der Waals surface area (Å²) in [5.74, 6) is -0.173. The van der Waals surface area contributed by atoms with Gasteiger partial charge in [0.2, 0.25) is 0 Å². The highest BCUT2D eigenvalue weighted by Crippen LogP contribution is 2.17. The van der Waals surface area contributed by atoms with Gasteiger partial charge in [-0.2, -0.15) is 0 Å². The molecular weight excluding hydrogens is 296 g/mol. The van der Waals surface area contributed by atoms with Crippen molar-refractivity contribution >= 4 is 21.8 Å². The summed E-state index contributed by atoms with van der Waals surface area (Å²) in [6.07, 6.45) is 0. The van der Waals surface area contributed by atoms with Crippen LogP contribution in [0.2, 0.25) is 0 Å². The number of halogens is 1. The second kappa shape index (κ2) is 5.80. The van der Waals surface area contributed by atoms with Crippen molar-refractivity contribution in [2.24, 2.45) is 5.92 Å². The van der Waals surface area contributed by atoms with E-state index >= 15 is 0 Å². The summed E-state index contributed by atoms with van der Waals surface area (Å²) in [4.78, 5) is 16.1. The number of nitrogens with one attached hydrogen (secondary N) is 1. The maximum absolute atomic E-state index is 12.0. The molecule has 0 fully saturated rings. The maximum Gasteiger partial charge on any atom is 0.254 e. The van der Waals surface area contributed by atoms with E-state index in [1.807, 2.05) is 20.8 Å². The Morgan fingerprint density at radius 3 is 2.67 bits per heavy atom. The van der Waals surface area contributed by atoms with E-state index in [-0.39, 0.29) is 18.4 Å². The van der Waals surface area contributed by atoms with Crippen LogP contribution >= 0.6 is 15.9 Å². The first kappa shape index (κ1) is 15.1. The maximum atomic E-state index is 12.0. The molecule has 0 saturated carbocycles. The molecule has 0 aliphatic carbocycles. The smallest absolute Gasteiger partial charge is 0.254 e. The van der Waals surface area contributed by atoms with E-state index in [9.17, 15) is 9.90 Å². The Morgan fingerprint density at radius 1 is 1.56 bits per heavy atom. The van der Waals surface area contributed by atoms with Gasteiger partial charge in [-0.25, -0.2) is 4.98 Å². The van der Waals surface area contributed by atoms with Crippen LogP contribution in [-0.4, -0.2) is 28.1 Å². The van der Waals surface area contributed by atoms with Gasteiger partial charge in [0, 0.05) is 12.2 Å². The summed E-state index contributed by atoms with van der Waals surface area (Å²) in [5, 5.41) is 12.8. The largest absolute Gasteiger partial charge is 0.388 e. The first-order valence-corrected chi connectivity index (χ1v) is 6.67. The fourth-order valence-corrected chi connectivity index (χ4v) is 1.84. The minimum atomic E-state index is -0.916. The van der Waals surface area contributed by atoms with Gasteiger partial charge in [0.15, 0.2) is 0 Å². The quantitative estimate of drug-likeness (QED) is 0.838. The Hall–Kier alpha value is -0.940. The van der Waals surface area contributed by atoms with Crippen molar-refractivity contribution in [3.63, 3.8) is 0 Å². The molecule has 1 aromatic heterocycles. The minimum absolute atomic E-state index is 0.0670. The molecule has 1 atom stereocenters. The van der Waals surface area contributed by atoms with Crippen LogP contribution < -0.4 is 5.32 Å². The lowest BCUT2D eigenvalue weighted by molar-refractivity contribution is 0.0142. The van der Waals surface area contributed by atoms with Crippen LogP contribution in [0.15, 0.2) is 16.7 Å². The average molecular weight is 315 g/mol. The van der Waals surface area contributed by atoms with Crippen molar-refractivity contribution in [1.29, 1.82) is 0 Å². The average Bonchev–Trinajstić information content (AvgIpc) is 2.25. The van der Waals surface area contributed by atoms with Gasteiger partial charge >= 0.3 is 0 Å². The van der Waals surface area contributed by atoms with E-state index in [1.165, 1.54) is 0 Å². The Kier molecular flexibility index (Phi) is 4.87. The zero-order valence-electron chi connectivity index (χ0n) is 11.1. The van der Waals surface area contributed by atoms with Gasteiger partial charge in [-0.15, -0.1) is 0 Å². The zero-order chi connectivity index (χ0) is 13.9. The molecule has 1 rings (SSSR count). The first-order valence-electron chi connectivity index (χ1n) is 5.88. The number of hydrogen-bond donors (Lipinski definition) is 2. The number of pyridine rings is 1. The number of carbonyl (C=O) groups excluding carboxylic acids is 1. The fourth-order valence-electron chi connectivity index (χ4n) is 1.25. The molecule has 18 heavy (non-hydrogen) atoms. The Morgan fingerprint density at radius 2 is 2.17 bits per heavy atom. The zero-order valence-corrected chi connectivity index (χ0v) is 12.7. The molecule has 4 nitrogen and oxygen atoms in total. The topological polar surface area (TPSA) is 62.2 Å². The molecular formula is C13H19BrN2O2.